The molecule has 0 spiro atoms. The molecule has 136 valence electrons. The van der Waals surface area contributed by atoms with Gasteiger partial charge in [-0.25, -0.2) is 0 Å². The van der Waals surface area contributed by atoms with Crippen LogP contribution in [0.5, 0.6) is 11.5 Å². The van der Waals surface area contributed by atoms with E-state index in [4.69, 9.17) is 4.74 Å². The predicted octanol–water partition coefficient (Wildman–Crippen LogP) is 4.14. The predicted molar refractivity (Wildman–Crippen MR) is 93.3 cm³/mol. The van der Waals surface area contributed by atoms with Crippen LogP contribution in [0.3, 0.4) is 0 Å². The van der Waals surface area contributed by atoms with Crippen molar-refractivity contribution in [3.8, 4) is 11.5 Å². The lowest BCUT2D eigenvalue weighted by molar-refractivity contribution is -0.757. The van der Waals surface area contributed by atoms with E-state index in [0.29, 0.717) is 18.8 Å². The van der Waals surface area contributed by atoms with Crippen molar-refractivity contribution >= 4 is 0 Å². The standard InChI is InChI=1S/C19H25NO5/c1-12-6-7-15-14(9-12)18-16(21)10-13(5-4-8-24-20(22)23)11-17(18)25-19(15,2)3/h6,10-11,14-15,21H,4-5,7-9H2,1-3H3/t14-,15-/m1/s1. The van der Waals surface area contributed by atoms with Crippen molar-refractivity contribution in [2.24, 2.45) is 5.92 Å². The van der Waals surface area contributed by atoms with Crippen LogP contribution in [0.15, 0.2) is 23.8 Å². The van der Waals surface area contributed by atoms with Gasteiger partial charge in [-0.3, -0.25) is 0 Å². The van der Waals surface area contributed by atoms with Crippen LogP contribution in [0.4, 0.5) is 0 Å². The summed E-state index contributed by atoms with van der Waals surface area (Å²) >= 11 is 0. The number of fused-ring (bicyclic) bond motifs is 3. The number of hydrogen-bond acceptors (Lipinski definition) is 5. The molecule has 1 N–H and O–H groups in total. The van der Waals surface area contributed by atoms with Crippen molar-refractivity contribution in [2.75, 3.05) is 6.61 Å². The number of phenols is 1. The van der Waals surface area contributed by atoms with Gasteiger partial charge in [0.1, 0.15) is 17.1 Å². The Morgan fingerprint density at radius 2 is 2.20 bits per heavy atom. The molecule has 1 heterocycles. The molecule has 6 nitrogen and oxygen atoms in total. The Bertz CT molecular complexity index is 710. The molecular weight excluding hydrogens is 322 g/mol. The van der Waals surface area contributed by atoms with Crippen LogP contribution in [0, 0.1) is 16.0 Å². The summed E-state index contributed by atoms with van der Waals surface area (Å²) in [5.41, 5.74) is 2.86. The summed E-state index contributed by atoms with van der Waals surface area (Å²) in [5.74, 6) is 1.61. The molecule has 0 radical (unpaired) electrons. The number of ether oxygens (including phenoxy) is 1. The van der Waals surface area contributed by atoms with Gasteiger partial charge in [0.15, 0.2) is 0 Å². The first kappa shape index (κ1) is 17.6. The number of nitrogens with zero attached hydrogens (tertiary/aromatic N) is 1. The fraction of sp³-hybridized carbons (Fsp3) is 0.579. The van der Waals surface area contributed by atoms with Crippen LogP contribution in [0.1, 0.15) is 57.1 Å². The molecule has 1 aliphatic heterocycles. The van der Waals surface area contributed by atoms with Gasteiger partial charge in [0.25, 0.3) is 5.09 Å². The summed E-state index contributed by atoms with van der Waals surface area (Å²) in [6.07, 6.45) is 5.27. The lowest BCUT2D eigenvalue weighted by Crippen LogP contribution is -2.45. The fourth-order valence-corrected chi connectivity index (χ4v) is 4.18. The van der Waals surface area contributed by atoms with Gasteiger partial charge in [-0.15, -0.1) is 10.1 Å². The Hall–Kier alpha value is -2.24. The number of aryl methyl sites for hydroxylation is 1. The maximum Gasteiger partial charge on any atom is 0.294 e. The summed E-state index contributed by atoms with van der Waals surface area (Å²) in [6, 6.07) is 3.73. The lowest BCUT2D eigenvalue weighted by atomic mass is 9.67. The number of hydrogen-bond donors (Lipinski definition) is 1. The quantitative estimate of drug-likeness (QED) is 0.374. The Kier molecular flexibility index (Phi) is 4.62. The van der Waals surface area contributed by atoms with Crippen LogP contribution in [-0.4, -0.2) is 22.4 Å². The molecule has 0 saturated carbocycles. The molecule has 1 aromatic rings. The topological polar surface area (TPSA) is 81.8 Å². The van der Waals surface area contributed by atoms with Crippen LogP contribution in [0.2, 0.25) is 0 Å². The van der Waals surface area contributed by atoms with Gasteiger partial charge in [0, 0.05) is 17.4 Å². The number of benzene rings is 1. The third-order valence-electron chi connectivity index (χ3n) is 5.37. The zero-order valence-electron chi connectivity index (χ0n) is 14.9. The maximum absolute atomic E-state index is 10.6. The zero-order chi connectivity index (χ0) is 18.2. The molecule has 2 aliphatic rings. The van der Waals surface area contributed by atoms with E-state index in [9.17, 15) is 15.2 Å². The number of phenolic OH excluding ortho intramolecular Hbond substituents is 1. The average Bonchev–Trinajstić information content (AvgIpc) is 2.50. The Labute approximate surface area is 147 Å². The summed E-state index contributed by atoms with van der Waals surface area (Å²) < 4.78 is 6.26. The van der Waals surface area contributed by atoms with E-state index >= 15 is 0 Å². The second-order valence-electron chi connectivity index (χ2n) is 7.60. The molecule has 0 bridgehead atoms. The molecule has 2 atom stereocenters. The van der Waals surface area contributed by atoms with E-state index in [1.165, 1.54) is 5.57 Å². The van der Waals surface area contributed by atoms with Gasteiger partial charge in [-0.2, -0.15) is 0 Å². The average molecular weight is 347 g/mol. The highest BCUT2D eigenvalue weighted by molar-refractivity contribution is 5.52. The van der Waals surface area contributed by atoms with E-state index in [1.54, 1.807) is 6.07 Å². The highest BCUT2D eigenvalue weighted by Gasteiger charge is 2.45. The fourth-order valence-electron chi connectivity index (χ4n) is 4.18. The molecule has 0 amide bonds. The molecule has 3 rings (SSSR count). The van der Waals surface area contributed by atoms with Crippen molar-refractivity contribution in [3.63, 3.8) is 0 Å². The normalized spacial score (nSPS) is 23.7. The third-order valence-corrected chi connectivity index (χ3v) is 5.37. The third kappa shape index (κ3) is 3.57. The Morgan fingerprint density at radius 3 is 2.92 bits per heavy atom. The van der Waals surface area contributed by atoms with Gasteiger partial charge in [0.05, 0.1) is 6.61 Å². The van der Waals surface area contributed by atoms with Crippen molar-refractivity contribution in [1.82, 2.24) is 0 Å². The monoisotopic (exact) mass is 347 g/mol. The second-order valence-corrected chi connectivity index (χ2v) is 7.60. The second kappa shape index (κ2) is 6.58. The van der Waals surface area contributed by atoms with Crippen LogP contribution < -0.4 is 4.74 Å². The Balaban J connectivity index is 1.85. The van der Waals surface area contributed by atoms with Crippen LogP contribution >= 0.6 is 0 Å². The van der Waals surface area contributed by atoms with E-state index in [0.717, 1.165) is 29.7 Å². The number of rotatable bonds is 5. The van der Waals surface area contributed by atoms with Gasteiger partial charge in [0.2, 0.25) is 0 Å². The minimum atomic E-state index is -0.783. The summed E-state index contributed by atoms with van der Waals surface area (Å²) in [6.45, 7) is 6.40. The molecule has 0 unspecified atom stereocenters. The van der Waals surface area contributed by atoms with Gasteiger partial charge >= 0.3 is 0 Å². The first-order valence-corrected chi connectivity index (χ1v) is 8.75. The smallest absolute Gasteiger partial charge is 0.294 e. The minimum absolute atomic E-state index is 0.0475. The van der Waals surface area contributed by atoms with Crippen molar-refractivity contribution in [3.05, 3.63) is 45.0 Å². The van der Waals surface area contributed by atoms with E-state index < -0.39 is 5.09 Å². The first-order chi connectivity index (χ1) is 11.8. The molecule has 0 saturated heterocycles. The summed E-state index contributed by atoms with van der Waals surface area (Å²) in [4.78, 5) is 14.6. The number of allylic oxidation sites excluding steroid dienone is 2. The molecule has 1 aromatic carbocycles. The largest absolute Gasteiger partial charge is 0.508 e. The van der Waals surface area contributed by atoms with Gasteiger partial charge in [-0.05, 0) is 64.2 Å². The van der Waals surface area contributed by atoms with Crippen molar-refractivity contribution < 1.29 is 19.8 Å². The van der Waals surface area contributed by atoms with Crippen molar-refractivity contribution in [2.45, 2.75) is 58.0 Å². The maximum atomic E-state index is 10.6. The molecule has 25 heavy (non-hydrogen) atoms. The lowest BCUT2D eigenvalue weighted by Gasteiger charge is -2.47. The van der Waals surface area contributed by atoms with Gasteiger partial charge < -0.3 is 14.7 Å². The van der Waals surface area contributed by atoms with Crippen molar-refractivity contribution in [1.29, 1.82) is 0 Å². The molecule has 0 fully saturated rings. The highest BCUT2D eigenvalue weighted by atomic mass is 16.9. The van der Waals surface area contributed by atoms with Crippen LogP contribution in [-0.2, 0) is 11.3 Å². The van der Waals surface area contributed by atoms with Gasteiger partial charge in [-0.1, -0.05) is 11.6 Å². The first-order valence-electron chi connectivity index (χ1n) is 8.75. The number of aromatic hydroxyl groups is 1. The molecule has 6 heteroatoms. The van der Waals surface area contributed by atoms with E-state index in [2.05, 4.69) is 31.7 Å². The SMILES string of the molecule is CC1=CC[C@@H]2[C@@H](C1)c1c(O)cc(CCCO[N+](=O)[O-])cc1OC2(C)C. The molecular formula is C19H25NO5. The summed E-state index contributed by atoms with van der Waals surface area (Å²) in [5, 5.41) is 20.1. The highest BCUT2D eigenvalue weighted by Crippen LogP contribution is 2.54. The molecule has 0 aromatic heterocycles. The molecule has 1 aliphatic carbocycles. The van der Waals surface area contributed by atoms with Crippen LogP contribution in [0.25, 0.3) is 0 Å². The van der Waals surface area contributed by atoms with E-state index in [1.807, 2.05) is 6.07 Å². The summed E-state index contributed by atoms with van der Waals surface area (Å²) in [7, 11) is 0. The Morgan fingerprint density at radius 1 is 1.44 bits per heavy atom. The zero-order valence-corrected chi connectivity index (χ0v) is 14.9. The minimum Gasteiger partial charge on any atom is -0.508 e. The van der Waals surface area contributed by atoms with E-state index in [-0.39, 0.29) is 23.9 Å².